The summed E-state index contributed by atoms with van der Waals surface area (Å²) in [5, 5.41) is 0. The molecule has 1 aliphatic carbocycles. The Hall–Kier alpha value is -3.45. The molecule has 39 heavy (non-hydrogen) atoms. The molecule has 5 rings (SSSR count). The first-order chi connectivity index (χ1) is 18.9. The molecule has 1 aromatic heterocycles. The average Bonchev–Trinajstić information content (AvgIpc) is 3.51. The normalized spacial score (nSPS) is 17.6. The van der Waals surface area contributed by atoms with Crippen LogP contribution in [0.25, 0.3) is 17.3 Å². The number of alkyl halides is 3. The predicted octanol–water partition coefficient (Wildman–Crippen LogP) is 7.22. The molecule has 2 aromatic carbocycles. The largest absolute Gasteiger partial charge is 0.416 e. The molecule has 0 bridgehead atoms. The molecule has 0 unspecified atom stereocenters. The molecule has 4 nitrogen and oxygen atoms in total. The number of carbonyl (C=O) groups is 1. The van der Waals surface area contributed by atoms with E-state index in [1.54, 1.807) is 12.3 Å². The van der Waals surface area contributed by atoms with E-state index in [1.165, 1.54) is 43.9 Å². The zero-order valence-corrected chi connectivity index (χ0v) is 22.0. The van der Waals surface area contributed by atoms with Crippen molar-refractivity contribution in [1.29, 1.82) is 0 Å². The van der Waals surface area contributed by atoms with Crippen LogP contribution in [-0.2, 0) is 17.5 Å². The number of benzene rings is 2. The van der Waals surface area contributed by atoms with E-state index in [0.717, 1.165) is 54.9 Å². The van der Waals surface area contributed by atoms with Crippen LogP contribution in [0.2, 0.25) is 0 Å². The molecule has 0 radical (unpaired) electrons. The van der Waals surface area contributed by atoms with Gasteiger partial charge in [0.25, 0.3) is 0 Å². The van der Waals surface area contributed by atoms with Gasteiger partial charge in [0.15, 0.2) is 0 Å². The summed E-state index contributed by atoms with van der Waals surface area (Å²) in [7, 11) is 0. The Balaban J connectivity index is 1.31. The molecule has 3 aromatic rings. The fourth-order valence-electron chi connectivity index (χ4n) is 5.78. The van der Waals surface area contributed by atoms with Gasteiger partial charge in [-0.3, -0.25) is 9.78 Å². The van der Waals surface area contributed by atoms with Gasteiger partial charge in [-0.05, 0) is 67.2 Å². The molecule has 7 heteroatoms. The minimum atomic E-state index is -4.38. The number of hydrogen-bond acceptors (Lipinski definition) is 3. The van der Waals surface area contributed by atoms with Crippen LogP contribution in [0.1, 0.15) is 55.2 Å². The Morgan fingerprint density at radius 2 is 1.62 bits per heavy atom. The van der Waals surface area contributed by atoms with E-state index in [1.807, 2.05) is 47.4 Å². The molecule has 0 spiro atoms. The maximum Gasteiger partial charge on any atom is 0.416 e. The van der Waals surface area contributed by atoms with Crippen LogP contribution < -0.4 is 0 Å². The number of amides is 1. The van der Waals surface area contributed by atoms with Crippen molar-refractivity contribution in [2.75, 3.05) is 13.1 Å². The number of aromatic nitrogens is 1. The fourth-order valence-corrected chi connectivity index (χ4v) is 5.78. The first-order valence-corrected chi connectivity index (χ1v) is 13.8. The molecule has 1 saturated carbocycles. The highest BCUT2D eigenvalue weighted by molar-refractivity contribution is 5.92. The number of hydrogen-bond donors (Lipinski definition) is 0. The second-order valence-electron chi connectivity index (χ2n) is 10.5. The summed E-state index contributed by atoms with van der Waals surface area (Å²) >= 11 is 0. The lowest BCUT2D eigenvalue weighted by Gasteiger charge is -2.40. The number of pyridine rings is 1. The summed E-state index contributed by atoms with van der Waals surface area (Å²) in [6.07, 6.45) is 7.47. The molecule has 204 valence electrons. The van der Waals surface area contributed by atoms with Gasteiger partial charge in [0.2, 0.25) is 5.91 Å². The molecule has 1 saturated heterocycles. The van der Waals surface area contributed by atoms with Gasteiger partial charge in [-0.2, -0.15) is 13.2 Å². The van der Waals surface area contributed by atoms with E-state index >= 15 is 0 Å². The van der Waals surface area contributed by atoms with Crippen molar-refractivity contribution in [3.8, 4) is 11.3 Å². The highest BCUT2D eigenvalue weighted by atomic mass is 19.4. The Morgan fingerprint density at radius 1 is 0.923 bits per heavy atom. The zero-order valence-electron chi connectivity index (χ0n) is 22.0. The Morgan fingerprint density at radius 3 is 2.23 bits per heavy atom. The molecule has 2 aliphatic rings. The van der Waals surface area contributed by atoms with Gasteiger partial charge in [-0.1, -0.05) is 55.3 Å². The molecule has 1 amide bonds. The Kier molecular flexibility index (Phi) is 8.46. The van der Waals surface area contributed by atoms with Crippen LogP contribution in [-0.4, -0.2) is 45.9 Å². The monoisotopic (exact) mass is 533 g/mol. The van der Waals surface area contributed by atoms with E-state index in [-0.39, 0.29) is 11.9 Å². The Bertz CT molecular complexity index is 1240. The van der Waals surface area contributed by atoms with Crippen molar-refractivity contribution in [2.45, 2.75) is 63.3 Å². The van der Waals surface area contributed by atoms with E-state index in [4.69, 9.17) is 0 Å². The summed E-state index contributed by atoms with van der Waals surface area (Å²) in [6, 6.07) is 19.6. The van der Waals surface area contributed by atoms with Crippen LogP contribution >= 0.6 is 0 Å². The molecule has 0 atom stereocenters. The van der Waals surface area contributed by atoms with Crippen molar-refractivity contribution in [3.05, 3.63) is 95.7 Å². The van der Waals surface area contributed by atoms with E-state index < -0.39 is 11.7 Å². The van der Waals surface area contributed by atoms with Crippen LogP contribution in [0.15, 0.2) is 79.0 Å². The number of piperidine rings is 1. The van der Waals surface area contributed by atoms with E-state index in [0.29, 0.717) is 18.2 Å². The van der Waals surface area contributed by atoms with Gasteiger partial charge in [0.1, 0.15) is 0 Å². The van der Waals surface area contributed by atoms with Crippen molar-refractivity contribution in [3.63, 3.8) is 0 Å². The summed E-state index contributed by atoms with van der Waals surface area (Å²) in [5.74, 6) is -0.122. The minimum absolute atomic E-state index is 0.114. The first kappa shape index (κ1) is 27.1. The standard InChI is InChI=1S/C32H34F3N3O/c33-32(34,35)27-15-10-24(11-16-27)12-17-31(39)38(29-18-21-37(22-19-29)28-5-1-2-6-28)23-25-8-13-26(14-9-25)30-7-3-4-20-36-30/h3-4,7-17,20,28-29H,1-2,5-6,18-19,21-23H2. The van der Waals surface area contributed by atoms with Crippen LogP contribution in [0.5, 0.6) is 0 Å². The van der Waals surface area contributed by atoms with E-state index in [2.05, 4.69) is 9.88 Å². The number of nitrogens with zero attached hydrogens (tertiary/aromatic N) is 3. The molecule has 2 fully saturated rings. The molecule has 1 aliphatic heterocycles. The third kappa shape index (κ3) is 6.95. The summed E-state index contributed by atoms with van der Waals surface area (Å²) in [6.45, 7) is 2.45. The maximum absolute atomic E-state index is 13.5. The highest BCUT2D eigenvalue weighted by Crippen LogP contribution is 2.30. The van der Waals surface area contributed by atoms with E-state index in [9.17, 15) is 18.0 Å². The SMILES string of the molecule is O=C(C=Cc1ccc(C(F)(F)F)cc1)N(Cc1ccc(-c2ccccn2)cc1)C1CCN(C2CCCC2)CC1. The lowest BCUT2D eigenvalue weighted by Crippen LogP contribution is -2.48. The van der Waals surface area contributed by atoms with Gasteiger partial charge in [-0.25, -0.2) is 0 Å². The molecule has 2 heterocycles. The van der Waals surface area contributed by atoms with Crippen molar-refractivity contribution in [2.24, 2.45) is 0 Å². The maximum atomic E-state index is 13.5. The molecule has 0 N–H and O–H groups in total. The first-order valence-electron chi connectivity index (χ1n) is 13.8. The van der Waals surface area contributed by atoms with Gasteiger partial charge >= 0.3 is 6.18 Å². The summed E-state index contributed by atoms with van der Waals surface area (Å²) < 4.78 is 38.7. The van der Waals surface area contributed by atoms with Crippen LogP contribution in [0.3, 0.4) is 0 Å². The van der Waals surface area contributed by atoms with Crippen molar-refractivity contribution >= 4 is 12.0 Å². The highest BCUT2D eigenvalue weighted by Gasteiger charge is 2.31. The van der Waals surface area contributed by atoms with Crippen molar-refractivity contribution < 1.29 is 18.0 Å². The number of rotatable bonds is 7. The van der Waals surface area contributed by atoms with Gasteiger partial charge in [0, 0.05) is 49.6 Å². The topological polar surface area (TPSA) is 36.4 Å². The van der Waals surface area contributed by atoms with Gasteiger partial charge in [0.05, 0.1) is 11.3 Å². The number of carbonyl (C=O) groups excluding carboxylic acids is 1. The zero-order chi connectivity index (χ0) is 27.2. The molecular formula is C32H34F3N3O. The number of likely N-dealkylation sites (tertiary alicyclic amines) is 1. The summed E-state index contributed by atoms with van der Waals surface area (Å²) in [5.41, 5.74) is 2.81. The second kappa shape index (κ2) is 12.2. The third-order valence-electron chi connectivity index (χ3n) is 7.99. The number of halogens is 3. The van der Waals surface area contributed by atoms with Crippen LogP contribution in [0, 0.1) is 0 Å². The molecular weight excluding hydrogens is 499 g/mol. The second-order valence-corrected chi connectivity index (χ2v) is 10.5. The van der Waals surface area contributed by atoms with Crippen molar-refractivity contribution in [1.82, 2.24) is 14.8 Å². The lowest BCUT2D eigenvalue weighted by molar-refractivity contribution is -0.137. The lowest BCUT2D eigenvalue weighted by atomic mass is 9.99. The van der Waals surface area contributed by atoms with Crippen LogP contribution in [0.4, 0.5) is 13.2 Å². The average molecular weight is 534 g/mol. The quantitative estimate of drug-likeness (QED) is 0.301. The van der Waals surface area contributed by atoms with Gasteiger partial charge < -0.3 is 9.80 Å². The third-order valence-corrected chi connectivity index (χ3v) is 7.99. The Labute approximate surface area is 228 Å². The minimum Gasteiger partial charge on any atom is -0.332 e. The summed E-state index contributed by atoms with van der Waals surface area (Å²) in [4.78, 5) is 22.4. The van der Waals surface area contributed by atoms with Gasteiger partial charge in [-0.15, -0.1) is 0 Å². The fraction of sp³-hybridized carbons (Fsp3) is 0.375. The predicted molar refractivity (Wildman–Crippen MR) is 148 cm³/mol. The smallest absolute Gasteiger partial charge is 0.332 e.